The van der Waals surface area contributed by atoms with E-state index in [4.69, 9.17) is 23.7 Å². The van der Waals surface area contributed by atoms with Crippen LogP contribution in [0.3, 0.4) is 0 Å². The van der Waals surface area contributed by atoms with E-state index in [-0.39, 0.29) is 44.3 Å². The molecule has 46 heavy (non-hydrogen) atoms. The number of esters is 4. The summed E-state index contributed by atoms with van der Waals surface area (Å²) < 4.78 is 31.8. The van der Waals surface area contributed by atoms with Crippen LogP contribution >= 0.6 is 0 Å². The van der Waals surface area contributed by atoms with E-state index < -0.39 is 23.9 Å². The molecule has 1 aliphatic carbocycles. The summed E-state index contributed by atoms with van der Waals surface area (Å²) in [5.74, 6) is -0.516. The van der Waals surface area contributed by atoms with Crippen LogP contribution < -0.4 is 14.2 Å². The number of fused-ring (bicyclic) bond motifs is 3. The van der Waals surface area contributed by atoms with Crippen LogP contribution in [0.2, 0.25) is 0 Å². The van der Waals surface area contributed by atoms with Crippen LogP contribution in [-0.4, -0.2) is 57.4 Å². The number of benzene rings is 3. The summed E-state index contributed by atoms with van der Waals surface area (Å²) in [5.41, 5.74) is 5.43. The average Bonchev–Trinajstić information content (AvgIpc) is 3.33. The summed E-state index contributed by atoms with van der Waals surface area (Å²) in [7, 11) is 1.23. The van der Waals surface area contributed by atoms with Crippen molar-refractivity contribution in [3.8, 4) is 28.4 Å². The van der Waals surface area contributed by atoms with E-state index in [1.807, 2.05) is 37.3 Å². The van der Waals surface area contributed by atoms with Crippen LogP contribution in [0.15, 0.2) is 79.4 Å². The van der Waals surface area contributed by atoms with E-state index in [1.54, 1.807) is 24.3 Å². The molecule has 0 amide bonds. The summed E-state index contributed by atoms with van der Waals surface area (Å²) in [6.07, 6.45) is 1.31. The van der Waals surface area contributed by atoms with Crippen molar-refractivity contribution < 1.29 is 47.6 Å². The van der Waals surface area contributed by atoms with Gasteiger partial charge < -0.3 is 28.4 Å². The van der Waals surface area contributed by atoms with Gasteiger partial charge >= 0.3 is 23.9 Å². The minimum atomic E-state index is -0.656. The van der Waals surface area contributed by atoms with Gasteiger partial charge in [-0.05, 0) is 77.2 Å². The first-order valence-corrected chi connectivity index (χ1v) is 14.7. The second-order valence-corrected chi connectivity index (χ2v) is 10.5. The Morgan fingerprint density at radius 2 is 1.54 bits per heavy atom. The molecule has 1 atom stereocenters. The Morgan fingerprint density at radius 3 is 2.26 bits per heavy atom. The van der Waals surface area contributed by atoms with Gasteiger partial charge in [-0.2, -0.15) is 0 Å². The zero-order chi connectivity index (χ0) is 33.2. The normalized spacial score (nSPS) is 12.6. The van der Waals surface area contributed by atoms with Gasteiger partial charge in [0, 0.05) is 24.0 Å². The molecule has 0 saturated heterocycles. The maximum absolute atomic E-state index is 13.1. The summed E-state index contributed by atoms with van der Waals surface area (Å²) in [6, 6.07) is 16.5. The molecule has 1 aliphatic rings. The first-order valence-electron chi connectivity index (χ1n) is 14.7. The number of ether oxygens (including phenoxy) is 6. The van der Waals surface area contributed by atoms with Crippen LogP contribution in [-0.2, 0) is 28.6 Å². The Balaban J connectivity index is 1.28. The van der Waals surface area contributed by atoms with Gasteiger partial charge in [0.1, 0.15) is 30.5 Å². The van der Waals surface area contributed by atoms with Crippen LogP contribution in [0.5, 0.6) is 17.2 Å². The molecular formula is C36H36O10. The SMILES string of the molecule is C=CC(=O)OCCOc1ccc2c(c1)C(C)c1cc(C(=O)Oc3ccc(OCCCOC(=O)C(=C)CC(=O)OC)c(C)c3)ccc1-2. The van der Waals surface area contributed by atoms with Crippen LogP contribution in [0.4, 0.5) is 0 Å². The summed E-state index contributed by atoms with van der Waals surface area (Å²) in [5, 5.41) is 0. The largest absolute Gasteiger partial charge is 0.493 e. The van der Waals surface area contributed by atoms with Crippen molar-refractivity contribution in [1.82, 2.24) is 0 Å². The number of aryl methyl sites for hydroxylation is 1. The van der Waals surface area contributed by atoms with Gasteiger partial charge in [-0.15, -0.1) is 0 Å². The number of hydrogen-bond donors (Lipinski definition) is 0. The molecule has 0 fully saturated rings. The van der Waals surface area contributed by atoms with Crippen molar-refractivity contribution in [2.75, 3.05) is 33.5 Å². The smallest absolute Gasteiger partial charge is 0.343 e. The quantitative estimate of drug-likeness (QED) is 0.0662. The fourth-order valence-electron chi connectivity index (χ4n) is 4.90. The van der Waals surface area contributed by atoms with Crippen LogP contribution in [0, 0.1) is 6.92 Å². The molecule has 0 aromatic heterocycles. The Kier molecular flexibility index (Phi) is 11.3. The molecule has 10 nitrogen and oxygen atoms in total. The molecular weight excluding hydrogens is 592 g/mol. The second kappa shape index (κ2) is 15.6. The highest BCUT2D eigenvalue weighted by molar-refractivity contribution is 5.94. The van der Waals surface area contributed by atoms with Crippen molar-refractivity contribution in [2.45, 2.75) is 32.6 Å². The highest BCUT2D eigenvalue weighted by Crippen LogP contribution is 2.46. The molecule has 1 unspecified atom stereocenters. The Morgan fingerprint density at radius 1 is 0.826 bits per heavy atom. The molecule has 4 rings (SSSR count). The number of carbonyl (C=O) groups is 4. The number of rotatable bonds is 15. The molecule has 0 N–H and O–H groups in total. The molecule has 0 saturated carbocycles. The molecule has 0 radical (unpaired) electrons. The molecule has 0 heterocycles. The van der Waals surface area contributed by atoms with Gasteiger partial charge in [-0.25, -0.2) is 14.4 Å². The Bertz CT molecular complexity index is 1650. The number of carbonyl (C=O) groups excluding carboxylic acids is 4. The van der Waals surface area contributed by atoms with E-state index in [0.717, 1.165) is 33.9 Å². The lowest BCUT2D eigenvalue weighted by Gasteiger charge is -2.12. The lowest BCUT2D eigenvalue weighted by atomic mass is 9.98. The lowest BCUT2D eigenvalue weighted by Crippen LogP contribution is -2.13. The van der Waals surface area contributed by atoms with Crippen molar-refractivity contribution in [3.63, 3.8) is 0 Å². The summed E-state index contributed by atoms with van der Waals surface area (Å²) >= 11 is 0. The van der Waals surface area contributed by atoms with Crippen molar-refractivity contribution >= 4 is 23.9 Å². The predicted molar refractivity (Wildman–Crippen MR) is 169 cm³/mol. The minimum absolute atomic E-state index is 0.0240. The van der Waals surface area contributed by atoms with Gasteiger partial charge in [0.25, 0.3) is 0 Å². The van der Waals surface area contributed by atoms with E-state index in [9.17, 15) is 19.2 Å². The van der Waals surface area contributed by atoms with Crippen molar-refractivity contribution in [2.24, 2.45) is 0 Å². The highest BCUT2D eigenvalue weighted by atomic mass is 16.6. The maximum Gasteiger partial charge on any atom is 0.343 e. The third-order valence-corrected chi connectivity index (χ3v) is 7.31. The Labute approximate surface area is 267 Å². The highest BCUT2D eigenvalue weighted by Gasteiger charge is 2.27. The van der Waals surface area contributed by atoms with Gasteiger partial charge in [0.05, 0.1) is 32.3 Å². The van der Waals surface area contributed by atoms with Crippen LogP contribution in [0.25, 0.3) is 11.1 Å². The molecule has 240 valence electrons. The van der Waals surface area contributed by atoms with Crippen molar-refractivity contribution in [3.05, 3.63) is 102 Å². The third-order valence-electron chi connectivity index (χ3n) is 7.31. The third kappa shape index (κ3) is 8.41. The van der Waals surface area contributed by atoms with Gasteiger partial charge in [0.2, 0.25) is 0 Å². The first-order chi connectivity index (χ1) is 22.1. The van der Waals surface area contributed by atoms with Crippen LogP contribution in [0.1, 0.15) is 52.7 Å². The predicted octanol–water partition coefficient (Wildman–Crippen LogP) is 5.89. The van der Waals surface area contributed by atoms with E-state index in [2.05, 4.69) is 24.8 Å². The lowest BCUT2D eigenvalue weighted by molar-refractivity contribution is -0.144. The minimum Gasteiger partial charge on any atom is -0.493 e. The van der Waals surface area contributed by atoms with E-state index >= 15 is 0 Å². The van der Waals surface area contributed by atoms with Gasteiger partial charge in [-0.3, -0.25) is 4.79 Å². The van der Waals surface area contributed by atoms with Crippen molar-refractivity contribution in [1.29, 1.82) is 0 Å². The van der Waals surface area contributed by atoms with E-state index in [1.165, 1.54) is 7.11 Å². The summed E-state index contributed by atoms with van der Waals surface area (Å²) in [6.45, 7) is 11.5. The summed E-state index contributed by atoms with van der Waals surface area (Å²) in [4.78, 5) is 47.4. The zero-order valence-electron chi connectivity index (χ0n) is 26.1. The Hall–Kier alpha value is -5.38. The van der Waals surface area contributed by atoms with Gasteiger partial charge in [0.15, 0.2) is 0 Å². The number of hydrogen-bond acceptors (Lipinski definition) is 10. The fourth-order valence-corrected chi connectivity index (χ4v) is 4.90. The van der Waals surface area contributed by atoms with Gasteiger partial charge in [-0.1, -0.05) is 32.2 Å². The number of methoxy groups -OCH3 is 1. The topological polar surface area (TPSA) is 124 Å². The zero-order valence-corrected chi connectivity index (χ0v) is 26.1. The van der Waals surface area contributed by atoms with E-state index in [0.29, 0.717) is 29.2 Å². The second-order valence-electron chi connectivity index (χ2n) is 10.5. The average molecular weight is 629 g/mol. The monoisotopic (exact) mass is 628 g/mol. The molecule has 0 bridgehead atoms. The standard InChI is InChI=1S/C36H36O10/c1-6-33(37)44-17-16-42-26-9-12-29-28-11-8-25(20-30(28)24(4)31(29)21-26)36(40)46-27-10-13-32(22(2)18-27)43-14-7-15-45-35(39)23(3)19-34(38)41-5/h6,8-13,18,20-21,24H,1,3,7,14-17,19H2,2,4-5H3. The molecule has 3 aromatic rings. The fraction of sp³-hybridized carbons (Fsp3) is 0.278. The molecule has 0 spiro atoms. The molecule has 3 aromatic carbocycles. The molecule has 0 aliphatic heterocycles. The maximum atomic E-state index is 13.1. The first kappa shape index (κ1) is 33.5. The molecule has 10 heteroatoms.